The molecule has 0 bridgehead atoms. The maximum Gasteiger partial charge on any atom is 0.243 e. The number of hydrogen-bond acceptors (Lipinski definition) is 3. The lowest BCUT2D eigenvalue weighted by molar-refractivity contribution is -0.141. The second-order valence-corrected chi connectivity index (χ2v) is 11.4. The highest BCUT2D eigenvalue weighted by atomic mass is 35.5. The van der Waals surface area contributed by atoms with Gasteiger partial charge in [-0.05, 0) is 60.6 Å². The van der Waals surface area contributed by atoms with Crippen LogP contribution in [0.2, 0.25) is 15.1 Å². The Bertz CT molecular complexity index is 1160. The molecule has 1 N–H and O–H groups in total. The van der Waals surface area contributed by atoms with Gasteiger partial charge in [-0.1, -0.05) is 84.5 Å². The predicted molar refractivity (Wildman–Crippen MR) is 160 cm³/mol. The number of carbonyl (C=O) groups is 2. The van der Waals surface area contributed by atoms with Gasteiger partial charge in [-0.15, -0.1) is 11.8 Å². The average molecular weight is 592 g/mol. The molecular weight excluding hydrogens is 559 g/mol. The number of halogens is 3. The number of amides is 2. The minimum Gasteiger partial charge on any atom is -0.354 e. The van der Waals surface area contributed by atoms with Crippen molar-refractivity contribution in [1.82, 2.24) is 10.2 Å². The number of thioether (sulfide) groups is 1. The van der Waals surface area contributed by atoms with Gasteiger partial charge in [-0.3, -0.25) is 9.59 Å². The molecule has 0 saturated carbocycles. The molecule has 0 radical (unpaired) electrons. The Morgan fingerprint density at radius 1 is 0.895 bits per heavy atom. The number of nitrogens with one attached hydrogen (secondary N) is 1. The summed E-state index contributed by atoms with van der Waals surface area (Å²) < 4.78 is 0. The summed E-state index contributed by atoms with van der Waals surface area (Å²) in [5.41, 5.74) is 1.61. The molecule has 8 heteroatoms. The molecule has 3 aromatic carbocycles. The van der Waals surface area contributed by atoms with Crippen LogP contribution in [0.1, 0.15) is 43.7 Å². The Morgan fingerprint density at radius 2 is 1.58 bits per heavy atom. The summed E-state index contributed by atoms with van der Waals surface area (Å²) in [4.78, 5) is 30.0. The zero-order valence-corrected chi connectivity index (χ0v) is 24.6. The smallest absolute Gasteiger partial charge is 0.243 e. The largest absolute Gasteiger partial charge is 0.354 e. The molecule has 38 heavy (non-hydrogen) atoms. The number of carbonyl (C=O) groups excluding carboxylic acids is 2. The van der Waals surface area contributed by atoms with Crippen LogP contribution in [0.25, 0.3) is 0 Å². The average Bonchev–Trinajstić information content (AvgIpc) is 2.91. The van der Waals surface area contributed by atoms with Crippen molar-refractivity contribution in [3.8, 4) is 0 Å². The fourth-order valence-electron chi connectivity index (χ4n) is 4.00. The summed E-state index contributed by atoms with van der Waals surface area (Å²) in [6.45, 7) is 2.79. The van der Waals surface area contributed by atoms with Crippen LogP contribution in [-0.4, -0.2) is 35.1 Å². The van der Waals surface area contributed by atoms with Crippen LogP contribution in [0.15, 0.2) is 77.7 Å². The van der Waals surface area contributed by atoms with Crippen molar-refractivity contribution >= 4 is 58.4 Å². The van der Waals surface area contributed by atoms with Crippen molar-refractivity contribution < 1.29 is 9.59 Å². The molecule has 2 amide bonds. The molecule has 0 aliphatic carbocycles. The van der Waals surface area contributed by atoms with Gasteiger partial charge in [0.1, 0.15) is 6.04 Å². The fraction of sp³-hybridized carbons (Fsp3) is 0.333. The van der Waals surface area contributed by atoms with Crippen molar-refractivity contribution in [2.75, 3.05) is 12.3 Å². The molecule has 3 rings (SSSR count). The van der Waals surface area contributed by atoms with Crippen LogP contribution in [0, 0.1) is 0 Å². The molecule has 0 spiro atoms. The van der Waals surface area contributed by atoms with E-state index in [9.17, 15) is 9.59 Å². The summed E-state index contributed by atoms with van der Waals surface area (Å²) in [7, 11) is 0. The number of nitrogens with zero attached hydrogens (tertiary/aromatic N) is 1. The fourth-order valence-corrected chi connectivity index (χ4v) is 5.50. The Hall–Kier alpha value is -2.18. The molecule has 1 atom stereocenters. The zero-order valence-electron chi connectivity index (χ0n) is 21.5. The van der Waals surface area contributed by atoms with E-state index in [1.165, 1.54) is 0 Å². The molecule has 0 aliphatic heterocycles. The van der Waals surface area contributed by atoms with Crippen LogP contribution in [-0.2, 0) is 22.6 Å². The topological polar surface area (TPSA) is 49.4 Å². The highest BCUT2D eigenvalue weighted by Gasteiger charge is 2.31. The normalized spacial score (nSPS) is 11.7. The molecule has 0 saturated heterocycles. The number of unbranched alkanes of at least 4 members (excludes halogenated alkanes) is 1. The highest BCUT2D eigenvalue weighted by molar-refractivity contribution is 7.99. The van der Waals surface area contributed by atoms with E-state index in [2.05, 4.69) is 12.2 Å². The van der Waals surface area contributed by atoms with E-state index in [0.29, 0.717) is 46.4 Å². The third-order valence-electron chi connectivity index (χ3n) is 6.11. The summed E-state index contributed by atoms with van der Waals surface area (Å²) >= 11 is 20.6. The highest BCUT2D eigenvalue weighted by Crippen LogP contribution is 2.28. The van der Waals surface area contributed by atoms with E-state index >= 15 is 0 Å². The second-order valence-electron chi connectivity index (χ2n) is 8.98. The van der Waals surface area contributed by atoms with E-state index < -0.39 is 6.04 Å². The lowest BCUT2D eigenvalue weighted by Crippen LogP contribution is -2.50. The maximum absolute atomic E-state index is 13.7. The third kappa shape index (κ3) is 9.53. The van der Waals surface area contributed by atoms with Crippen molar-refractivity contribution in [2.24, 2.45) is 0 Å². The second kappa shape index (κ2) is 16.0. The van der Waals surface area contributed by atoms with Gasteiger partial charge in [-0.25, -0.2) is 0 Å². The summed E-state index contributed by atoms with van der Waals surface area (Å²) in [5, 5.41) is 4.67. The van der Waals surface area contributed by atoms with Crippen LogP contribution in [0.3, 0.4) is 0 Å². The van der Waals surface area contributed by atoms with E-state index in [4.69, 9.17) is 34.8 Å². The number of rotatable bonds is 14. The molecule has 4 nitrogen and oxygen atoms in total. The summed E-state index contributed by atoms with van der Waals surface area (Å²) in [6, 6.07) is 22.0. The quantitative estimate of drug-likeness (QED) is 0.152. The summed E-state index contributed by atoms with van der Waals surface area (Å²) in [6.07, 6.45) is 3.19. The van der Waals surface area contributed by atoms with Gasteiger partial charge in [0.25, 0.3) is 0 Å². The molecule has 0 aromatic heterocycles. The van der Waals surface area contributed by atoms with Crippen molar-refractivity contribution in [2.45, 2.75) is 56.5 Å². The summed E-state index contributed by atoms with van der Waals surface area (Å²) in [5.74, 6) is 0.485. The van der Waals surface area contributed by atoms with Gasteiger partial charge >= 0.3 is 0 Å². The maximum atomic E-state index is 13.7. The van der Waals surface area contributed by atoms with Crippen LogP contribution in [0.5, 0.6) is 0 Å². The Balaban J connectivity index is 1.82. The first-order valence-corrected chi connectivity index (χ1v) is 14.9. The standard InChI is InChI=1S/C30H33Cl3N2O2S/c1-2-3-18-34-30(37)28(20-22-9-5-4-6-10-22)35(21-25-26(32)11-7-12-27(25)33)29(36)13-8-19-38-24-16-14-23(31)15-17-24/h4-7,9-12,14-17,28H,2-3,8,13,18-21H2,1H3,(H,34,37). The van der Waals surface area contributed by atoms with Crippen LogP contribution in [0.4, 0.5) is 0 Å². The van der Waals surface area contributed by atoms with Gasteiger partial charge in [-0.2, -0.15) is 0 Å². The molecule has 1 unspecified atom stereocenters. The number of benzene rings is 3. The van der Waals surface area contributed by atoms with E-state index in [0.717, 1.165) is 29.1 Å². The van der Waals surface area contributed by atoms with Gasteiger partial charge in [0.2, 0.25) is 11.8 Å². The van der Waals surface area contributed by atoms with Crippen LogP contribution < -0.4 is 5.32 Å². The van der Waals surface area contributed by atoms with E-state index in [-0.39, 0.29) is 18.4 Å². The van der Waals surface area contributed by atoms with E-state index in [1.54, 1.807) is 34.9 Å². The first kappa shape index (κ1) is 30.4. The Morgan fingerprint density at radius 3 is 2.24 bits per heavy atom. The van der Waals surface area contributed by atoms with Gasteiger partial charge in [0.05, 0.1) is 0 Å². The SMILES string of the molecule is CCCCNC(=O)C(Cc1ccccc1)N(Cc1c(Cl)cccc1Cl)C(=O)CCCSc1ccc(Cl)cc1. The molecule has 0 fully saturated rings. The van der Waals surface area contributed by atoms with Crippen molar-refractivity contribution in [1.29, 1.82) is 0 Å². The molecule has 202 valence electrons. The van der Waals surface area contributed by atoms with E-state index in [1.807, 2.05) is 54.6 Å². The Kier molecular flexibility index (Phi) is 12.8. The molecule has 0 heterocycles. The zero-order chi connectivity index (χ0) is 27.3. The molecule has 3 aromatic rings. The molecule has 0 aliphatic rings. The minimum absolute atomic E-state index is 0.107. The van der Waals surface area contributed by atoms with Gasteiger partial charge in [0, 0.05) is 51.5 Å². The van der Waals surface area contributed by atoms with Crippen molar-refractivity contribution in [3.05, 3.63) is 99.0 Å². The van der Waals surface area contributed by atoms with Gasteiger partial charge < -0.3 is 10.2 Å². The van der Waals surface area contributed by atoms with Gasteiger partial charge in [0.15, 0.2) is 0 Å². The minimum atomic E-state index is -0.696. The van der Waals surface area contributed by atoms with Crippen molar-refractivity contribution in [3.63, 3.8) is 0 Å². The first-order valence-electron chi connectivity index (χ1n) is 12.8. The lowest BCUT2D eigenvalue weighted by Gasteiger charge is -2.32. The first-order chi connectivity index (χ1) is 18.4. The third-order valence-corrected chi connectivity index (χ3v) is 8.17. The Labute approximate surface area is 245 Å². The lowest BCUT2D eigenvalue weighted by atomic mass is 10.0. The monoisotopic (exact) mass is 590 g/mol. The molecular formula is C30H33Cl3N2O2S. The number of hydrogen-bond donors (Lipinski definition) is 1. The van der Waals surface area contributed by atoms with Crippen LogP contribution >= 0.6 is 46.6 Å². The predicted octanol–water partition coefficient (Wildman–Crippen LogP) is 8.08.